The fourth-order valence-electron chi connectivity index (χ4n) is 3.31. The van der Waals surface area contributed by atoms with Crippen LogP contribution in [0.4, 0.5) is 0 Å². The Balaban J connectivity index is 1.48. The number of amides is 1. The summed E-state index contributed by atoms with van der Waals surface area (Å²) in [5.74, 6) is -0.0923. The summed E-state index contributed by atoms with van der Waals surface area (Å²) in [6.07, 6.45) is 0.360. The van der Waals surface area contributed by atoms with Crippen molar-refractivity contribution in [2.45, 2.75) is 31.8 Å². The molecule has 0 bridgehead atoms. The van der Waals surface area contributed by atoms with E-state index in [9.17, 15) is 13.2 Å². The quantitative estimate of drug-likeness (QED) is 0.361. The molecule has 4 aromatic rings. The third-order valence-electron chi connectivity index (χ3n) is 4.85. The van der Waals surface area contributed by atoms with Gasteiger partial charge < -0.3 is 9.26 Å². The Labute approximate surface area is 205 Å². The lowest BCUT2D eigenvalue weighted by atomic mass is 10.1. The van der Waals surface area contributed by atoms with E-state index in [0.29, 0.717) is 28.8 Å². The summed E-state index contributed by atoms with van der Waals surface area (Å²) in [7, 11) is -4.15. The van der Waals surface area contributed by atoms with E-state index in [2.05, 4.69) is 10.1 Å². The number of benzene rings is 2. The number of ether oxygens (including phenoxy) is 1. The van der Waals surface area contributed by atoms with Crippen molar-refractivity contribution in [1.82, 2.24) is 14.9 Å². The molecule has 2 aromatic heterocycles. The number of carbonyl (C=O) groups is 1. The molecule has 8 nitrogen and oxygen atoms in total. The minimum Gasteiger partial charge on any atom is -0.489 e. The van der Waals surface area contributed by atoms with Crippen LogP contribution in [0.1, 0.15) is 38.1 Å². The van der Waals surface area contributed by atoms with E-state index >= 15 is 0 Å². The number of hydrogen-bond donors (Lipinski definition) is 1. The first-order valence-corrected chi connectivity index (χ1v) is 12.9. The second kappa shape index (κ2) is 9.96. The second-order valence-electron chi connectivity index (χ2n) is 7.42. The Morgan fingerprint density at radius 2 is 1.94 bits per heavy atom. The standard InChI is InChI=1S/C23H20ClN3O5S2/c1-14-22(15(2)32-26-14)34(29,30)27-23(28)19-13-33-21(25-19)11-17-10-18(24)8-9-20(17)31-12-16-6-4-3-5-7-16/h3-10,13H,11-12H2,1-2H3,(H,27,28). The molecule has 0 unspecified atom stereocenters. The zero-order valence-electron chi connectivity index (χ0n) is 18.2. The number of nitrogens with one attached hydrogen (secondary N) is 1. The maximum absolute atomic E-state index is 12.6. The number of nitrogens with zero attached hydrogens (tertiary/aromatic N) is 2. The molecule has 0 radical (unpaired) electrons. The first-order chi connectivity index (χ1) is 16.2. The van der Waals surface area contributed by atoms with Crippen molar-refractivity contribution in [3.8, 4) is 5.75 Å². The Bertz CT molecular complexity index is 1410. The number of sulfonamides is 1. The van der Waals surface area contributed by atoms with E-state index in [-0.39, 0.29) is 22.0 Å². The molecule has 0 aliphatic carbocycles. The lowest BCUT2D eigenvalue weighted by molar-refractivity contribution is 0.0977. The molecule has 176 valence electrons. The summed E-state index contributed by atoms with van der Waals surface area (Å²) < 4.78 is 38.1. The third-order valence-corrected chi connectivity index (χ3v) is 7.51. The van der Waals surface area contributed by atoms with Crippen molar-refractivity contribution in [2.24, 2.45) is 0 Å². The van der Waals surface area contributed by atoms with Gasteiger partial charge in [0.1, 0.15) is 23.7 Å². The van der Waals surface area contributed by atoms with Crippen LogP contribution in [0.3, 0.4) is 0 Å². The van der Waals surface area contributed by atoms with Gasteiger partial charge >= 0.3 is 0 Å². The average Bonchev–Trinajstić information content (AvgIpc) is 3.40. The second-order valence-corrected chi connectivity index (χ2v) is 10.4. The first-order valence-electron chi connectivity index (χ1n) is 10.1. The molecule has 34 heavy (non-hydrogen) atoms. The molecule has 0 aliphatic heterocycles. The fraction of sp³-hybridized carbons (Fsp3) is 0.174. The van der Waals surface area contributed by atoms with Crippen molar-refractivity contribution in [2.75, 3.05) is 0 Å². The van der Waals surface area contributed by atoms with Crippen molar-refractivity contribution in [1.29, 1.82) is 0 Å². The molecule has 2 aromatic carbocycles. The highest BCUT2D eigenvalue weighted by atomic mass is 35.5. The van der Waals surface area contributed by atoms with Crippen LogP contribution in [0.15, 0.2) is 63.3 Å². The number of thiazole rings is 1. The normalized spacial score (nSPS) is 11.4. The van der Waals surface area contributed by atoms with Gasteiger partial charge in [-0.25, -0.2) is 18.1 Å². The summed E-state index contributed by atoms with van der Waals surface area (Å²) >= 11 is 7.42. The summed E-state index contributed by atoms with van der Waals surface area (Å²) in [6, 6.07) is 15.1. The Morgan fingerprint density at radius 1 is 1.18 bits per heavy atom. The van der Waals surface area contributed by atoms with Crippen molar-refractivity contribution >= 4 is 38.9 Å². The predicted molar refractivity (Wildman–Crippen MR) is 128 cm³/mol. The molecule has 0 saturated heterocycles. The lowest BCUT2D eigenvalue weighted by Crippen LogP contribution is -2.31. The van der Waals surface area contributed by atoms with Gasteiger partial charge in [0.15, 0.2) is 10.7 Å². The molecule has 2 heterocycles. The van der Waals surface area contributed by atoms with Gasteiger partial charge in [-0.2, -0.15) is 0 Å². The van der Waals surface area contributed by atoms with E-state index in [0.717, 1.165) is 11.1 Å². The highest BCUT2D eigenvalue weighted by molar-refractivity contribution is 7.90. The topological polar surface area (TPSA) is 111 Å². The zero-order chi connectivity index (χ0) is 24.3. The van der Waals surface area contributed by atoms with Gasteiger partial charge in [-0.1, -0.05) is 47.1 Å². The summed E-state index contributed by atoms with van der Waals surface area (Å²) in [5.41, 5.74) is 1.98. The zero-order valence-corrected chi connectivity index (χ0v) is 20.6. The predicted octanol–water partition coefficient (Wildman–Crippen LogP) is 4.69. The highest BCUT2D eigenvalue weighted by Gasteiger charge is 2.27. The molecule has 0 spiro atoms. The van der Waals surface area contributed by atoms with Gasteiger partial charge in [0.2, 0.25) is 0 Å². The monoisotopic (exact) mass is 517 g/mol. The molecule has 0 saturated carbocycles. The van der Waals surface area contributed by atoms with Gasteiger partial charge in [0, 0.05) is 22.4 Å². The number of aromatic nitrogens is 2. The van der Waals surface area contributed by atoms with Crippen molar-refractivity contribution in [3.05, 3.63) is 92.2 Å². The number of rotatable bonds is 8. The van der Waals surface area contributed by atoms with E-state index < -0.39 is 15.9 Å². The summed E-state index contributed by atoms with van der Waals surface area (Å²) in [4.78, 5) is 16.7. The van der Waals surface area contributed by atoms with Gasteiger partial charge in [0.25, 0.3) is 15.9 Å². The largest absolute Gasteiger partial charge is 0.489 e. The summed E-state index contributed by atoms with van der Waals surface area (Å²) in [5, 5.41) is 6.27. The Morgan fingerprint density at radius 3 is 2.65 bits per heavy atom. The molecule has 1 N–H and O–H groups in total. The molecular weight excluding hydrogens is 498 g/mol. The number of halogens is 1. The molecule has 11 heteroatoms. The minimum atomic E-state index is -4.15. The summed E-state index contributed by atoms with van der Waals surface area (Å²) in [6.45, 7) is 3.34. The Kier molecular flexibility index (Phi) is 7.01. The minimum absolute atomic E-state index is 0.0101. The average molecular weight is 518 g/mol. The van der Waals surface area contributed by atoms with Crippen LogP contribution in [0.25, 0.3) is 0 Å². The first kappa shape index (κ1) is 23.9. The maximum atomic E-state index is 12.6. The van der Waals surface area contributed by atoms with Gasteiger partial charge in [-0.15, -0.1) is 11.3 Å². The Hall–Kier alpha value is -3.21. The molecular formula is C23H20ClN3O5S2. The maximum Gasteiger partial charge on any atom is 0.284 e. The lowest BCUT2D eigenvalue weighted by Gasteiger charge is -2.11. The number of aryl methyl sites for hydroxylation is 2. The van der Waals surface area contributed by atoms with Crippen LogP contribution in [0.5, 0.6) is 5.75 Å². The van der Waals surface area contributed by atoms with Crippen molar-refractivity contribution < 1.29 is 22.5 Å². The van der Waals surface area contributed by atoms with Gasteiger partial charge in [-0.05, 0) is 37.6 Å². The molecule has 1 amide bonds. The van der Waals surface area contributed by atoms with Crippen LogP contribution in [0, 0.1) is 13.8 Å². The van der Waals surface area contributed by atoms with Crippen LogP contribution in [-0.4, -0.2) is 24.5 Å². The molecule has 0 fully saturated rings. The van der Waals surface area contributed by atoms with Crippen LogP contribution in [-0.2, 0) is 23.1 Å². The van der Waals surface area contributed by atoms with E-state index in [1.165, 1.54) is 30.6 Å². The fourth-order valence-corrected chi connectivity index (χ4v) is 5.59. The van der Waals surface area contributed by atoms with Crippen LogP contribution < -0.4 is 9.46 Å². The number of carbonyl (C=O) groups excluding carboxylic acids is 1. The third kappa shape index (κ3) is 5.46. The van der Waals surface area contributed by atoms with E-state index in [1.807, 2.05) is 35.1 Å². The number of hydrogen-bond acceptors (Lipinski definition) is 8. The van der Waals surface area contributed by atoms with E-state index in [1.54, 1.807) is 18.2 Å². The molecule has 0 aliphatic rings. The van der Waals surface area contributed by atoms with E-state index in [4.69, 9.17) is 20.9 Å². The highest BCUT2D eigenvalue weighted by Crippen LogP contribution is 2.27. The van der Waals surface area contributed by atoms with Gasteiger partial charge in [-0.3, -0.25) is 4.79 Å². The van der Waals surface area contributed by atoms with Crippen LogP contribution in [0.2, 0.25) is 5.02 Å². The van der Waals surface area contributed by atoms with Crippen molar-refractivity contribution in [3.63, 3.8) is 0 Å². The molecule has 0 atom stereocenters. The molecule has 4 rings (SSSR count). The van der Waals surface area contributed by atoms with Gasteiger partial charge in [0.05, 0.1) is 5.01 Å². The van der Waals surface area contributed by atoms with Crippen LogP contribution >= 0.6 is 22.9 Å². The smallest absolute Gasteiger partial charge is 0.284 e. The SMILES string of the molecule is Cc1noc(C)c1S(=O)(=O)NC(=O)c1csc(Cc2cc(Cl)ccc2OCc2ccccc2)n1.